The van der Waals surface area contributed by atoms with E-state index in [1.54, 1.807) is 24.3 Å². The van der Waals surface area contributed by atoms with Gasteiger partial charge in [-0.25, -0.2) is 4.99 Å². The molecule has 1 aromatic rings. The topological polar surface area (TPSA) is 62.2 Å². The van der Waals surface area contributed by atoms with Gasteiger partial charge in [-0.2, -0.15) is 5.26 Å². The smallest absolute Gasteiger partial charge is 0.0991 e. The molecule has 0 bridgehead atoms. The highest BCUT2D eigenvalue weighted by Gasteiger charge is 1.88. The van der Waals surface area contributed by atoms with Crippen molar-refractivity contribution in [2.75, 3.05) is 0 Å². The van der Waals surface area contributed by atoms with E-state index in [-0.39, 0.29) is 0 Å². The van der Waals surface area contributed by atoms with Crippen LogP contribution in [0.4, 0.5) is 5.69 Å². The molecular formula is C8H7N3. The van der Waals surface area contributed by atoms with Crippen LogP contribution in [0.15, 0.2) is 29.3 Å². The molecular weight excluding hydrogens is 138 g/mol. The number of nitrogens with zero attached hydrogens (tertiary/aromatic N) is 2. The summed E-state index contributed by atoms with van der Waals surface area (Å²) in [6, 6.07) is 8.88. The molecule has 0 radical (unpaired) electrons. The fourth-order valence-corrected chi connectivity index (χ4v) is 0.708. The van der Waals surface area contributed by atoms with E-state index in [9.17, 15) is 0 Å². The summed E-state index contributed by atoms with van der Waals surface area (Å²) in [5.41, 5.74) is 6.46. The fraction of sp³-hybridized carbons (Fsp3) is 0. The molecule has 11 heavy (non-hydrogen) atoms. The van der Waals surface area contributed by atoms with Crippen molar-refractivity contribution in [2.45, 2.75) is 0 Å². The van der Waals surface area contributed by atoms with Crippen molar-refractivity contribution < 1.29 is 0 Å². The van der Waals surface area contributed by atoms with Gasteiger partial charge in [0.1, 0.15) is 0 Å². The van der Waals surface area contributed by atoms with E-state index >= 15 is 0 Å². The Morgan fingerprint density at radius 3 is 2.45 bits per heavy atom. The molecule has 54 valence electrons. The van der Waals surface area contributed by atoms with E-state index in [1.807, 2.05) is 6.07 Å². The van der Waals surface area contributed by atoms with Gasteiger partial charge < -0.3 is 5.73 Å². The molecule has 1 aromatic carbocycles. The summed E-state index contributed by atoms with van der Waals surface area (Å²) in [5.74, 6) is 0. The number of hydrogen-bond donors (Lipinski definition) is 1. The lowest BCUT2D eigenvalue weighted by atomic mass is 10.2. The Labute approximate surface area is 64.8 Å². The molecule has 0 heterocycles. The van der Waals surface area contributed by atoms with E-state index < -0.39 is 0 Å². The number of nitriles is 1. The number of benzene rings is 1. The highest BCUT2D eigenvalue weighted by molar-refractivity contribution is 5.59. The lowest BCUT2D eigenvalue weighted by molar-refractivity contribution is 1.46. The average Bonchev–Trinajstić information content (AvgIpc) is 2.07. The second-order valence-corrected chi connectivity index (χ2v) is 1.94. The number of hydrogen-bond acceptors (Lipinski definition) is 2. The third-order valence-corrected chi connectivity index (χ3v) is 1.22. The molecule has 0 aliphatic heterocycles. The lowest BCUT2D eigenvalue weighted by Gasteiger charge is -1.90. The molecule has 0 saturated heterocycles. The lowest BCUT2D eigenvalue weighted by Crippen LogP contribution is -1.86. The van der Waals surface area contributed by atoms with Gasteiger partial charge in [-0.1, -0.05) is 0 Å². The van der Waals surface area contributed by atoms with Crippen molar-refractivity contribution in [3.63, 3.8) is 0 Å². The van der Waals surface area contributed by atoms with Gasteiger partial charge in [-0.15, -0.1) is 0 Å². The van der Waals surface area contributed by atoms with E-state index in [0.29, 0.717) is 5.56 Å². The Hall–Kier alpha value is -1.82. The SMILES string of the molecule is N#Cc1ccc(N=CN)cc1. The van der Waals surface area contributed by atoms with Crippen LogP contribution >= 0.6 is 0 Å². The summed E-state index contributed by atoms with van der Waals surface area (Å²) in [5, 5.41) is 8.45. The summed E-state index contributed by atoms with van der Waals surface area (Å²) in [6.45, 7) is 0. The molecule has 0 aromatic heterocycles. The Morgan fingerprint density at radius 2 is 2.00 bits per heavy atom. The molecule has 0 amide bonds. The van der Waals surface area contributed by atoms with Crippen molar-refractivity contribution in [1.82, 2.24) is 0 Å². The first-order chi connectivity index (χ1) is 5.36. The molecule has 0 atom stereocenters. The van der Waals surface area contributed by atoms with E-state index in [0.717, 1.165) is 5.69 Å². The number of aliphatic imine (C=N–C) groups is 1. The standard InChI is InChI=1S/C8H7N3/c9-5-7-1-3-8(4-2-7)11-6-10/h1-4,6H,(H2,10,11). The summed E-state index contributed by atoms with van der Waals surface area (Å²) in [4.78, 5) is 3.83. The molecule has 3 nitrogen and oxygen atoms in total. The summed E-state index contributed by atoms with van der Waals surface area (Å²) in [7, 11) is 0. The zero-order valence-electron chi connectivity index (χ0n) is 5.86. The van der Waals surface area contributed by atoms with Crippen LogP contribution in [0.3, 0.4) is 0 Å². The molecule has 0 fully saturated rings. The second kappa shape index (κ2) is 3.37. The average molecular weight is 145 g/mol. The predicted molar refractivity (Wildman–Crippen MR) is 43.5 cm³/mol. The van der Waals surface area contributed by atoms with Gasteiger partial charge in [0.2, 0.25) is 0 Å². The Morgan fingerprint density at radius 1 is 1.36 bits per heavy atom. The normalized spacial score (nSPS) is 9.73. The fourth-order valence-electron chi connectivity index (χ4n) is 0.708. The maximum Gasteiger partial charge on any atom is 0.0991 e. The largest absolute Gasteiger partial charge is 0.390 e. The zero-order chi connectivity index (χ0) is 8.10. The number of rotatable bonds is 1. The highest BCUT2D eigenvalue weighted by Crippen LogP contribution is 2.10. The van der Waals surface area contributed by atoms with Gasteiger partial charge in [-0.05, 0) is 24.3 Å². The zero-order valence-corrected chi connectivity index (χ0v) is 5.86. The molecule has 2 N–H and O–H groups in total. The number of nitrogens with two attached hydrogens (primary N) is 1. The molecule has 1 rings (SSSR count). The van der Waals surface area contributed by atoms with Crippen LogP contribution in [-0.4, -0.2) is 6.34 Å². The van der Waals surface area contributed by atoms with Crippen molar-refractivity contribution in [3.05, 3.63) is 29.8 Å². The van der Waals surface area contributed by atoms with E-state index in [4.69, 9.17) is 11.0 Å². The quantitative estimate of drug-likeness (QED) is 0.476. The summed E-state index contributed by atoms with van der Waals surface area (Å²) in [6.07, 6.45) is 1.22. The monoisotopic (exact) mass is 145 g/mol. The van der Waals surface area contributed by atoms with E-state index in [2.05, 4.69) is 4.99 Å². The third-order valence-electron chi connectivity index (χ3n) is 1.22. The maximum absolute atomic E-state index is 8.45. The third kappa shape index (κ3) is 1.80. The first-order valence-corrected chi connectivity index (χ1v) is 3.11. The minimum atomic E-state index is 0.626. The van der Waals surface area contributed by atoms with Crippen molar-refractivity contribution in [1.29, 1.82) is 5.26 Å². The van der Waals surface area contributed by atoms with Gasteiger partial charge in [0, 0.05) is 0 Å². The summed E-state index contributed by atoms with van der Waals surface area (Å²) < 4.78 is 0. The highest BCUT2D eigenvalue weighted by atomic mass is 14.8. The molecule has 0 aliphatic carbocycles. The van der Waals surface area contributed by atoms with Crippen molar-refractivity contribution in [3.8, 4) is 6.07 Å². The molecule has 0 spiro atoms. The maximum atomic E-state index is 8.45. The first-order valence-electron chi connectivity index (χ1n) is 3.11. The van der Waals surface area contributed by atoms with Crippen LogP contribution in [0, 0.1) is 11.3 Å². The Kier molecular flexibility index (Phi) is 2.24. The second-order valence-electron chi connectivity index (χ2n) is 1.94. The Bertz CT molecular complexity index is 292. The molecule has 0 saturated carbocycles. The van der Waals surface area contributed by atoms with Crippen LogP contribution in [0.2, 0.25) is 0 Å². The van der Waals surface area contributed by atoms with Gasteiger partial charge in [-0.3, -0.25) is 0 Å². The summed E-state index contributed by atoms with van der Waals surface area (Å²) >= 11 is 0. The molecule has 0 unspecified atom stereocenters. The Balaban J connectivity index is 2.94. The molecule has 0 aliphatic rings. The van der Waals surface area contributed by atoms with Gasteiger partial charge in [0.05, 0.1) is 23.7 Å². The van der Waals surface area contributed by atoms with Crippen molar-refractivity contribution >= 4 is 12.0 Å². The van der Waals surface area contributed by atoms with Gasteiger partial charge in [0.15, 0.2) is 0 Å². The van der Waals surface area contributed by atoms with Gasteiger partial charge >= 0.3 is 0 Å². The first kappa shape index (κ1) is 7.29. The van der Waals surface area contributed by atoms with Crippen LogP contribution in [-0.2, 0) is 0 Å². The minimum absolute atomic E-state index is 0.626. The minimum Gasteiger partial charge on any atom is -0.390 e. The van der Waals surface area contributed by atoms with Gasteiger partial charge in [0.25, 0.3) is 0 Å². The van der Waals surface area contributed by atoms with Crippen LogP contribution in [0.1, 0.15) is 5.56 Å². The molecule has 3 heteroatoms. The van der Waals surface area contributed by atoms with E-state index in [1.165, 1.54) is 6.34 Å². The van der Waals surface area contributed by atoms with Crippen LogP contribution in [0.25, 0.3) is 0 Å². The van der Waals surface area contributed by atoms with Crippen LogP contribution < -0.4 is 5.73 Å². The van der Waals surface area contributed by atoms with Crippen LogP contribution in [0.5, 0.6) is 0 Å². The van der Waals surface area contributed by atoms with Crippen molar-refractivity contribution in [2.24, 2.45) is 10.7 Å². The predicted octanol–water partition coefficient (Wildman–Crippen LogP) is 1.18.